The van der Waals surface area contributed by atoms with Gasteiger partial charge in [0.1, 0.15) is 0 Å². The zero-order chi connectivity index (χ0) is 34.1. The van der Waals surface area contributed by atoms with Gasteiger partial charge in [0.15, 0.2) is 0 Å². The molecule has 49 heavy (non-hydrogen) atoms. The first-order chi connectivity index (χ1) is 23.7. The molecule has 3 heterocycles. The number of nitrogens with zero attached hydrogens (tertiary/aromatic N) is 3. The lowest BCUT2D eigenvalue weighted by molar-refractivity contribution is 0.0578. The van der Waals surface area contributed by atoms with Crippen molar-refractivity contribution in [1.29, 1.82) is 0 Å². The van der Waals surface area contributed by atoms with Crippen LogP contribution in [0.1, 0.15) is 102 Å². The van der Waals surface area contributed by atoms with Crippen LogP contribution in [-0.4, -0.2) is 46.9 Å². The number of amides is 6. The molecule has 3 aliphatic rings. The van der Waals surface area contributed by atoms with Crippen LogP contribution in [0, 0.1) is 5.92 Å². The van der Waals surface area contributed by atoms with Crippen LogP contribution < -0.4 is 9.80 Å². The van der Waals surface area contributed by atoms with Gasteiger partial charge in [0, 0.05) is 56.1 Å². The Morgan fingerprint density at radius 3 is 1.39 bits per heavy atom. The Bertz CT molecular complexity index is 2220. The third kappa shape index (κ3) is 4.38. The molecule has 242 valence electrons. The molecule has 0 aromatic heterocycles. The molecule has 0 fully saturated rings. The summed E-state index contributed by atoms with van der Waals surface area (Å²) in [5, 5.41) is 1.96. The number of hydrogen-bond acceptors (Lipinski definition) is 6. The third-order valence-corrected chi connectivity index (χ3v) is 10.1. The normalized spacial score (nSPS) is 16.0. The van der Waals surface area contributed by atoms with Gasteiger partial charge in [0.05, 0.1) is 11.4 Å². The Kier molecular flexibility index (Phi) is 7.03. The third-order valence-electron chi connectivity index (χ3n) is 10.1. The van der Waals surface area contributed by atoms with Crippen molar-refractivity contribution < 1.29 is 28.8 Å². The summed E-state index contributed by atoms with van der Waals surface area (Å²) < 4.78 is 0. The van der Waals surface area contributed by atoms with E-state index >= 15 is 0 Å². The van der Waals surface area contributed by atoms with Crippen molar-refractivity contribution in [3.8, 4) is 0 Å². The van der Waals surface area contributed by atoms with Crippen LogP contribution in [0.3, 0.4) is 0 Å². The van der Waals surface area contributed by atoms with E-state index in [4.69, 9.17) is 0 Å². The topological polar surface area (TPSA) is 112 Å². The predicted octanol–water partition coefficient (Wildman–Crippen LogP) is 7.41. The molecule has 0 spiro atoms. The molecule has 3 aliphatic heterocycles. The van der Waals surface area contributed by atoms with E-state index in [0.29, 0.717) is 28.4 Å². The largest absolute Gasteiger partial charge is 0.274 e. The van der Waals surface area contributed by atoms with Gasteiger partial charge in [0.25, 0.3) is 35.4 Å². The number of unbranched alkanes of at least 4 members (excludes halogenated alkanes) is 1. The predicted molar refractivity (Wildman–Crippen MR) is 185 cm³/mol. The lowest BCUT2D eigenvalue weighted by Crippen LogP contribution is -2.45. The van der Waals surface area contributed by atoms with Crippen molar-refractivity contribution in [2.45, 2.75) is 39.5 Å². The Balaban J connectivity index is 1.17. The van der Waals surface area contributed by atoms with Gasteiger partial charge < -0.3 is 0 Å². The van der Waals surface area contributed by atoms with Crippen molar-refractivity contribution in [2.75, 3.05) is 16.3 Å². The van der Waals surface area contributed by atoms with E-state index in [0.717, 1.165) is 40.9 Å². The summed E-state index contributed by atoms with van der Waals surface area (Å²) in [4.78, 5) is 86.6. The van der Waals surface area contributed by atoms with Gasteiger partial charge in [-0.3, -0.25) is 33.7 Å². The van der Waals surface area contributed by atoms with Gasteiger partial charge in [-0.1, -0.05) is 63.4 Å². The summed E-state index contributed by atoms with van der Waals surface area (Å²) in [7, 11) is 0. The standard InChI is InChI=1S/C40H31N3O6/c1-3-5-9-22(4-2)21-41-35(44)28-16-18-30-34-31(19-17-29(33(28)34)36(41)45)40(49)43(39(30)48)25-13-8-12-24(20-25)42-37(46)26-14-6-10-23-11-7-15-27(32(23)26)38(42)47/h6-8,10-20,22H,3-5,9,21H2,1-2H3. The van der Waals surface area contributed by atoms with E-state index in [-0.39, 0.29) is 44.9 Å². The van der Waals surface area contributed by atoms with E-state index in [1.54, 1.807) is 54.6 Å². The van der Waals surface area contributed by atoms with E-state index in [2.05, 4.69) is 13.8 Å². The van der Waals surface area contributed by atoms with Crippen LogP contribution in [0.25, 0.3) is 21.5 Å². The molecule has 0 saturated heterocycles. The van der Waals surface area contributed by atoms with E-state index in [1.807, 2.05) is 12.1 Å². The quantitative estimate of drug-likeness (QED) is 0.162. The van der Waals surface area contributed by atoms with Gasteiger partial charge >= 0.3 is 0 Å². The van der Waals surface area contributed by atoms with E-state index < -0.39 is 35.4 Å². The first kappa shape index (κ1) is 30.4. The fraction of sp³-hybridized carbons (Fsp3) is 0.200. The van der Waals surface area contributed by atoms with Crippen molar-refractivity contribution >= 4 is 68.4 Å². The minimum Gasteiger partial charge on any atom is -0.274 e. The molecule has 5 aromatic rings. The summed E-state index contributed by atoms with van der Waals surface area (Å²) in [5.41, 5.74) is 2.06. The number of imide groups is 3. The minimum atomic E-state index is -0.641. The summed E-state index contributed by atoms with van der Waals surface area (Å²) >= 11 is 0. The van der Waals surface area contributed by atoms with Gasteiger partial charge in [-0.15, -0.1) is 0 Å². The molecule has 0 saturated carbocycles. The maximum Gasteiger partial charge on any atom is 0.265 e. The zero-order valence-corrected chi connectivity index (χ0v) is 27.0. The number of benzene rings is 5. The molecule has 8 rings (SSSR count). The fourth-order valence-electron chi connectivity index (χ4n) is 7.54. The monoisotopic (exact) mass is 649 g/mol. The summed E-state index contributed by atoms with van der Waals surface area (Å²) in [5.74, 6) is -2.99. The Hall–Kier alpha value is -5.96. The van der Waals surface area contributed by atoms with Crippen LogP contribution in [0.15, 0.2) is 84.9 Å². The van der Waals surface area contributed by atoms with Gasteiger partial charge in [-0.05, 0) is 72.3 Å². The van der Waals surface area contributed by atoms with Gasteiger partial charge in [-0.2, -0.15) is 0 Å². The molecule has 5 aromatic carbocycles. The molecule has 0 bridgehead atoms. The molecule has 9 nitrogen and oxygen atoms in total. The Morgan fingerprint density at radius 2 is 0.939 bits per heavy atom. The van der Waals surface area contributed by atoms with Gasteiger partial charge in [-0.25, -0.2) is 9.80 Å². The van der Waals surface area contributed by atoms with Crippen LogP contribution >= 0.6 is 0 Å². The molecule has 1 atom stereocenters. The number of carbonyl (C=O) groups excluding carboxylic acids is 6. The second-order valence-corrected chi connectivity index (χ2v) is 12.8. The highest BCUT2D eigenvalue weighted by molar-refractivity contribution is 6.40. The lowest BCUT2D eigenvalue weighted by Gasteiger charge is -2.33. The van der Waals surface area contributed by atoms with Crippen molar-refractivity contribution in [3.63, 3.8) is 0 Å². The number of carbonyl (C=O) groups is 6. The van der Waals surface area contributed by atoms with E-state index in [1.165, 1.54) is 23.1 Å². The van der Waals surface area contributed by atoms with Crippen LogP contribution in [0.5, 0.6) is 0 Å². The summed E-state index contributed by atoms with van der Waals surface area (Å²) in [6, 6.07) is 23.0. The highest BCUT2D eigenvalue weighted by Gasteiger charge is 2.41. The summed E-state index contributed by atoms with van der Waals surface area (Å²) in [6.07, 6.45) is 3.77. The van der Waals surface area contributed by atoms with Gasteiger partial charge in [0.2, 0.25) is 0 Å². The van der Waals surface area contributed by atoms with Crippen LogP contribution in [0.4, 0.5) is 11.4 Å². The van der Waals surface area contributed by atoms with Crippen molar-refractivity contribution in [2.24, 2.45) is 5.92 Å². The molecule has 1 unspecified atom stereocenters. The maximum atomic E-state index is 14.1. The Labute approximate surface area is 281 Å². The molecule has 6 amide bonds. The number of hydrogen-bond donors (Lipinski definition) is 0. The average Bonchev–Trinajstić information content (AvgIpc) is 3.12. The minimum absolute atomic E-state index is 0.167. The molecular formula is C40H31N3O6. The zero-order valence-electron chi connectivity index (χ0n) is 27.0. The van der Waals surface area contributed by atoms with Crippen molar-refractivity contribution in [1.82, 2.24) is 4.90 Å². The fourth-order valence-corrected chi connectivity index (χ4v) is 7.54. The average molecular weight is 650 g/mol. The molecule has 0 N–H and O–H groups in total. The lowest BCUT2D eigenvalue weighted by atomic mass is 9.85. The van der Waals surface area contributed by atoms with Crippen LogP contribution in [0.2, 0.25) is 0 Å². The van der Waals surface area contributed by atoms with Crippen LogP contribution in [-0.2, 0) is 0 Å². The summed E-state index contributed by atoms with van der Waals surface area (Å²) in [6.45, 7) is 4.47. The molecule has 0 radical (unpaired) electrons. The second kappa shape index (κ2) is 11.3. The first-order valence-corrected chi connectivity index (χ1v) is 16.6. The first-order valence-electron chi connectivity index (χ1n) is 16.6. The highest BCUT2D eigenvalue weighted by Crippen LogP contribution is 2.41. The second-order valence-electron chi connectivity index (χ2n) is 12.8. The van der Waals surface area contributed by atoms with E-state index in [9.17, 15) is 28.8 Å². The molecular weight excluding hydrogens is 618 g/mol. The molecule has 0 aliphatic carbocycles. The number of anilines is 2. The van der Waals surface area contributed by atoms with Crippen molar-refractivity contribution in [3.05, 3.63) is 118 Å². The highest BCUT2D eigenvalue weighted by atomic mass is 16.2. The Morgan fingerprint density at radius 1 is 0.510 bits per heavy atom. The maximum absolute atomic E-state index is 14.1. The molecule has 9 heteroatoms. The SMILES string of the molecule is CCCCC(CC)CN1C(=O)c2ccc3c4c(ccc(c24)C1=O)C(=O)N(c1cccc(N2C(=O)c4cccc5cccc(c45)C2=O)c1)C3=O. The number of rotatable bonds is 8. The smallest absolute Gasteiger partial charge is 0.265 e.